The Labute approximate surface area is 201 Å². The van der Waals surface area contributed by atoms with Crippen LogP contribution in [0, 0.1) is 11.7 Å². The third kappa shape index (κ3) is 4.59. The van der Waals surface area contributed by atoms with Gasteiger partial charge < -0.3 is 14.0 Å². The van der Waals surface area contributed by atoms with Crippen molar-refractivity contribution in [3.8, 4) is 11.5 Å². The molecule has 0 saturated carbocycles. The highest BCUT2D eigenvalue weighted by Crippen LogP contribution is 2.33. The van der Waals surface area contributed by atoms with E-state index >= 15 is 0 Å². The van der Waals surface area contributed by atoms with Crippen LogP contribution in [0.5, 0.6) is 11.5 Å². The second-order valence-corrected chi connectivity index (χ2v) is 10.9. The summed E-state index contributed by atoms with van der Waals surface area (Å²) in [6.45, 7) is 2.91. The molecule has 182 valence electrons. The number of carbonyl (C=O) groups is 1. The van der Waals surface area contributed by atoms with Gasteiger partial charge in [0, 0.05) is 31.8 Å². The average Bonchev–Trinajstić information content (AvgIpc) is 3.18. The van der Waals surface area contributed by atoms with Crippen LogP contribution in [-0.2, 0) is 21.4 Å². The number of rotatable bonds is 6. The van der Waals surface area contributed by atoms with Crippen LogP contribution in [0.4, 0.5) is 4.39 Å². The molecule has 34 heavy (non-hydrogen) atoms. The number of methoxy groups -OCH3 is 2. The number of amides is 1. The molecule has 4 rings (SSSR count). The molecular weight excluding hydrogens is 481 g/mol. The Morgan fingerprint density at radius 3 is 2.50 bits per heavy atom. The van der Waals surface area contributed by atoms with Crippen LogP contribution in [0.15, 0.2) is 46.3 Å². The van der Waals surface area contributed by atoms with Crippen LogP contribution in [0.2, 0.25) is 0 Å². The van der Waals surface area contributed by atoms with Gasteiger partial charge in [-0.25, -0.2) is 12.8 Å². The molecule has 0 bridgehead atoms. The molecule has 2 aromatic carbocycles. The van der Waals surface area contributed by atoms with Gasteiger partial charge in [0.05, 0.1) is 35.2 Å². The summed E-state index contributed by atoms with van der Waals surface area (Å²) in [5.74, 6) is -0.240. The Morgan fingerprint density at radius 1 is 1.18 bits per heavy atom. The molecule has 2 heterocycles. The van der Waals surface area contributed by atoms with Gasteiger partial charge in [-0.2, -0.15) is 9.30 Å². The van der Waals surface area contributed by atoms with Crippen molar-refractivity contribution in [1.82, 2.24) is 8.87 Å². The Balaban J connectivity index is 1.64. The maximum Gasteiger partial charge on any atom is 0.252 e. The van der Waals surface area contributed by atoms with Crippen LogP contribution < -0.4 is 14.3 Å². The Hall–Kier alpha value is -2.76. The van der Waals surface area contributed by atoms with Gasteiger partial charge in [0.15, 0.2) is 16.3 Å². The fourth-order valence-electron chi connectivity index (χ4n) is 4.09. The first-order valence-electron chi connectivity index (χ1n) is 10.9. The first kappa shape index (κ1) is 24.4. The first-order valence-corrected chi connectivity index (χ1v) is 13.1. The summed E-state index contributed by atoms with van der Waals surface area (Å²) in [7, 11) is -0.695. The highest BCUT2D eigenvalue weighted by molar-refractivity contribution is 7.89. The van der Waals surface area contributed by atoms with Crippen molar-refractivity contribution in [3.05, 3.63) is 47.0 Å². The molecule has 1 saturated heterocycles. The summed E-state index contributed by atoms with van der Waals surface area (Å²) in [4.78, 5) is 18.1. The monoisotopic (exact) mass is 507 g/mol. The normalized spacial score (nSPS) is 17.8. The number of piperidine rings is 1. The maximum atomic E-state index is 13.2. The summed E-state index contributed by atoms with van der Waals surface area (Å²) < 4.78 is 54.1. The van der Waals surface area contributed by atoms with Gasteiger partial charge in [0.25, 0.3) is 5.91 Å². The van der Waals surface area contributed by atoms with E-state index in [1.165, 1.54) is 27.8 Å². The van der Waals surface area contributed by atoms with E-state index in [-0.39, 0.29) is 17.3 Å². The third-order valence-corrected chi connectivity index (χ3v) is 8.82. The lowest BCUT2D eigenvalue weighted by Gasteiger charge is -2.30. The van der Waals surface area contributed by atoms with E-state index in [0.29, 0.717) is 42.2 Å². The fourth-order valence-corrected chi connectivity index (χ4v) is 6.72. The van der Waals surface area contributed by atoms with Gasteiger partial charge in [-0.05, 0) is 44.0 Å². The molecule has 0 aliphatic carbocycles. The summed E-state index contributed by atoms with van der Waals surface area (Å²) in [5.41, 5.74) is 0.876. The van der Waals surface area contributed by atoms with Crippen molar-refractivity contribution in [2.75, 3.05) is 27.3 Å². The summed E-state index contributed by atoms with van der Waals surface area (Å²) in [5, 5.41) is 0. The predicted molar refractivity (Wildman–Crippen MR) is 127 cm³/mol. The minimum atomic E-state index is -3.82. The number of aryl methyl sites for hydroxylation is 1. The zero-order valence-electron chi connectivity index (χ0n) is 19.2. The molecule has 1 amide bonds. The lowest BCUT2D eigenvalue weighted by molar-refractivity contribution is -0.122. The SMILES string of the molecule is CCn1c(=NC(=O)C2CCCN(S(=O)(=O)c3ccc(F)cc3)C2)sc2cc(OC)c(OC)cc21. The zero-order chi connectivity index (χ0) is 24.5. The second-order valence-electron chi connectivity index (χ2n) is 7.91. The number of aromatic nitrogens is 1. The van der Waals surface area contributed by atoms with E-state index in [2.05, 4.69) is 4.99 Å². The number of hydrogen-bond acceptors (Lipinski definition) is 6. The van der Waals surface area contributed by atoms with Gasteiger partial charge >= 0.3 is 0 Å². The van der Waals surface area contributed by atoms with Gasteiger partial charge in [0.2, 0.25) is 10.0 Å². The first-order chi connectivity index (χ1) is 16.3. The summed E-state index contributed by atoms with van der Waals surface area (Å²) in [6, 6.07) is 8.42. The second kappa shape index (κ2) is 9.85. The van der Waals surface area contributed by atoms with Crippen LogP contribution in [0.25, 0.3) is 10.2 Å². The van der Waals surface area contributed by atoms with Crippen molar-refractivity contribution >= 4 is 37.5 Å². The van der Waals surface area contributed by atoms with Crippen molar-refractivity contribution in [1.29, 1.82) is 0 Å². The number of halogens is 1. The van der Waals surface area contributed by atoms with E-state index in [9.17, 15) is 17.6 Å². The molecule has 11 heteroatoms. The molecule has 1 fully saturated rings. The minimum absolute atomic E-state index is 0.00941. The summed E-state index contributed by atoms with van der Waals surface area (Å²) >= 11 is 1.37. The van der Waals surface area contributed by atoms with E-state index in [1.54, 1.807) is 14.2 Å². The largest absolute Gasteiger partial charge is 0.493 e. The Kier molecular flexibility index (Phi) is 7.06. The van der Waals surface area contributed by atoms with Gasteiger partial charge in [-0.1, -0.05) is 11.3 Å². The molecule has 8 nitrogen and oxygen atoms in total. The molecule has 0 radical (unpaired) electrons. The highest BCUT2D eigenvalue weighted by Gasteiger charge is 2.33. The lowest BCUT2D eigenvalue weighted by Crippen LogP contribution is -2.42. The lowest BCUT2D eigenvalue weighted by atomic mass is 9.99. The molecule has 1 atom stereocenters. The highest BCUT2D eigenvalue weighted by atomic mass is 32.2. The van der Waals surface area contributed by atoms with Gasteiger partial charge in [-0.15, -0.1) is 0 Å². The number of ether oxygens (including phenoxy) is 2. The number of carbonyl (C=O) groups excluding carboxylic acids is 1. The predicted octanol–water partition coefficient (Wildman–Crippen LogP) is 3.41. The Bertz CT molecular complexity index is 1380. The van der Waals surface area contributed by atoms with E-state index in [1.807, 2.05) is 23.6 Å². The van der Waals surface area contributed by atoms with Crippen LogP contribution in [0.1, 0.15) is 19.8 Å². The van der Waals surface area contributed by atoms with Crippen molar-refractivity contribution in [3.63, 3.8) is 0 Å². The molecule has 1 unspecified atom stereocenters. The van der Waals surface area contributed by atoms with Gasteiger partial charge in [0.1, 0.15) is 5.82 Å². The molecular formula is C23H26FN3O5S2. The topological polar surface area (TPSA) is 90.2 Å². The zero-order valence-corrected chi connectivity index (χ0v) is 20.8. The smallest absolute Gasteiger partial charge is 0.252 e. The molecule has 0 N–H and O–H groups in total. The van der Waals surface area contributed by atoms with E-state index in [4.69, 9.17) is 9.47 Å². The van der Waals surface area contributed by atoms with Gasteiger partial charge in [-0.3, -0.25) is 4.79 Å². The van der Waals surface area contributed by atoms with Crippen molar-refractivity contribution in [2.45, 2.75) is 31.2 Å². The fraction of sp³-hybridized carbons (Fsp3) is 0.391. The molecule has 1 aromatic heterocycles. The number of benzene rings is 2. The van der Waals surface area contributed by atoms with Crippen LogP contribution in [0.3, 0.4) is 0 Å². The number of nitrogens with zero attached hydrogens (tertiary/aromatic N) is 3. The molecule has 1 aliphatic heterocycles. The van der Waals surface area contributed by atoms with E-state index < -0.39 is 21.8 Å². The minimum Gasteiger partial charge on any atom is -0.493 e. The number of hydrogen-bond donors (Lipinski definition) is 0. The average molecular weight is 508 g/mol. The number of sulfonamides is 1. The third-order valence-electron chi connectivity index (χ3n) is 5.89. The van der Waals surface area contributed by atoms with Crippen molar-refractivity contribution in [2.24, 2.45) is 10.9 Å². The van der Waals surface area contributed by atoms with Crippen molar-refractivity contribution < 1.29 is 27.1 Å². The molecule has 3 aromatic rings. The summed E-state index contributed by atoms with van der Waals surface area (Å²) in [6.07, 6.45) is 1.09. The molecule has 1 aliphatic rings. The quantitative estimate of drug-likeness (QED) is 0.510. The number of thiazole rings is 1. The standard InChI is InChI=1S/C23H26FN3O5S2/c1-4-27-18-12-19(31-2)20(32-3)13-21(18)33-23(27)25-22(28)15-6-5-11-26(14-15)34(29,30)17-9-7-16(24)8-10-17/h7-10,12-13,15H,4-6,11,14H2,1-3H3. The maximum absolute atomic E-state index is 13.2. The van der Waals surface area contributed by atoms with Crippen LogP contribution in [-0.4, -0.2) is 50.5 Å². The molecule has 0 spiro atoms. The van der Waals surface area contributed by atoms with E-state index in [0.717, 1.165) is 22.3 Å². The Morgan fingerprint density at radius 2 is 1.85 bits per heavy atom. The number of fused-ring (bicyclic) bond motifs is 1. The van der Waals surface area contributed by atoms with Crippen LogP contribution >= 0.6 is 11.3 Å².